The van der Waals surface area contributed by atoms with Crippen molar-refractivity contribution in [3.63, 3.8) is 0 Å². The molecule has 26 heavy (non-hydrogen) atoms. The quantitative estimate of drug-likeness (QED) is 0.751. The van der Waals surface area contributed by atoms with Gasteiger partial charge in [0.05, 0.1) is 12.1 Å². The summed E-state index contributed by atoms with van der Waals surface area (Å²) in [4.78, 5) is 31.0. The van der Waals surface area contributed by atoms with E-state index in [9.17, 15) is 9.59 Å². The van der Waals surface area contributed by atoms with Crippen molar-refractivity contribution in [3.8, 4) is 10.6 Å². The number of benzene rings is 1. The lowest BCUT2D eigenvalue weighted by Gasteiger charge is -2.23. The molecule has 0 bridgehead atoms. The summed E-state index contributed by atoms with van der Waals surface area (Å²) in [6.45, 7) is 3.17. The van der Waals surface area contributed by atoms with Gasteiger partial charge in [0.25, 0.3) is 5.91 Å². The number of thiazole rings is 1. The van der Waals surface area contributed by atoms with Gasteiger partial charge in [0.1, 0.15) is 5.01 Å². The molecule has 2 heterocycles. The smallest absolute Gasteiger partial charge is 0.312 e. The average Bonchev–Trinajstić information content (AvgIpc) is 2.94. The summed E-state index contributed by atoms with van der Waals surface area (Å²) in [6, 6.07) is 9.85. The first kappa shape index (κ1) is 18.6. The molecular weight excluding hydrogens is 348 g/mol. The fourth-order valence-electron chi connectivity index (χ4n) is 3.09. The van der Waals surface area contributed by atoms with Gasteiger partial charge in [-0.3, -0.25) is 9.59 Å². The molecule has 2 aromatic rings. The molecule has 1 saturated heterocycles. The van der Waals surface area contributed by atoms with Crippen LogP contribution in [-0.2, 0) is 20.7 Å². The Morgan fingerprint density at radius 2 is 1.85 bits per heavy atom. The van der Waals surface area contributed by atoms with Crippen LogP contribution in [0.15, 0.2) is 35.7 Å². The van der Waals surface area contributed by atoms with Gasteiger partial charge in [0, 0.05) is 24.0 Å². The Labute approximate surface area is 158 Å². The van der Waals surface area contributed by atoms with Gasteiger partial charge < -0.3 is 9.64 Å². The molecule has 0 radical (unpaired) electrons. The topological polar surface area (TPSA) is 59.5 Å². The van der Waals surface area contributed by atoms with Gasteiger partial charge in [-0.2, -0.15) is 0 Å². The van der Waals surface area contributed by atoms with Crippen LogP contribution >= 0.6 is 11.3 Å². The van der Waals surface area contributed by atoms with Gasteiger partial charge in [0.15, 0.2) is 6.10 Å². The van der Waals surface area contributed by atoms with Gasteiger partial charge in [-0.05, 0) is 19.8 Å². The molecule has 3 rings (SSSR count). The molecule has 1 aromatic heterocycles. The molecule has 0 aliphatic carbocycles. The van der Waals surface area contributed by atoms with Crippen molar-refractivity contribution < 1.29 is 14.3 Å². The van der Waals surface area contributed by atoms with E-state index < -0.39 is 12.1 Å². The number of carbonyl (C=O) groups is 2. The van der Waals surface area contributed by atoms with Crippen LogP contribution in [0.4, 0.5) is 0 Å². The number of rotatable bonds is 5. The Morgan fingerprint density at radius 3 is 2.54 bits per heavy atom. The van der Waals surface area contributed by atoms with E-state index in [1.807, 2.05) is 40.6 Å². The number of hydrogen-bond acceptors (Lipinski definition) is 5. The molecule has 1 fully saturated rings. The second-order valence-corrected chi connectivity index (χ2v) is 7.42. The molecule has 1 atom stereocenters. The lowest BCUT2D eigenvalue weighted by atomic mass is 10.2. The van der Waals surface area contributed by atoms with Crippen molar-refractivity contribution in [1.29, 1.82) is 0 Å². The number of esters is 1. The van der Waals surface area contributed by atoms with Gasteiger partial charge in [-0.15, -0.1) is 11.3 Å². The number of hydrogen-bond donors (Lipinski definition) is 0. The van der Waals surface area contributed by atoms with Crippen LogP contribution in [-0.4, -0.2) is 41.0 Å². The maximum atomic E-state index is 12.5. The maximum Gasteiger partial charge on any atom is 0.312 e. The lowest BCUT2D eigenvalue weighted by Crippen LogP contribution is -2.40. The summed E-state index contributed by atoms with van der Waals surface area (Å²) >= 11 is 1.50. The number of carbonyl (C=O) groups excluding carboxylic acids is 2. The van der Waals surface area contributed by atoms with Gasteiger partial charge in [-0.25, -0.2) is 4.98 Å². The first-order chi connectivity index (χ1) is 12.6. The standard InChI is InChI=1S/C20H24N2O3S/c1-15(20(24)22-11-7-2-3-8-12-22)25-18(23)13-17-14-26-19(21-17)16-9-5-4-6-10-16/h4-6,9-10,14-15H,2-3,7-8,11-13H2,1H3. The highest BCUT2D eigenvalue weighted by Crippen LogP contribution is 2.23. The van der Waals surface area contributed by atoms with Crippen LogP contribution in [0, 0.1) is 0 Å². The van der Waals surface area contributed by atoms with E-state index in [1.165, 1.54) is 11.3 Å². The molecule has 1 unspecified atom stereocenters. The van der Waals surface area contributed by atoms with Gasteiger partial charge in [0.2, 0.25) is 0 Å². The number of ether oxygens (including phenoxy) is 1. The monoisotopic (exact) mass is 372 g/mol. The average molecular weight is 372 g/mol. The molecule has 1 amide bonds. The molecule has 1 aliphatic rings. The van der Waals surface area contributed by atoms with Crippen molar-refractivity contribution >= 4 is 23.2 Å². The fourth-order valence-corrected chi connectivity index (χ4v) is 3.91. The maximum absolute atomic E-state index is 12.5. The second kappa shape index (κ2) is 8.94. The van der Waals surface area contributed by atoms with Crippen molar-refractivity contribution in [2.24, 2.45) is 0 Å². The fraction of sp³-hybridized carbons (Fsp3) is 0.450. The summed E-state index contributed by atoms with van der Waals surface area (Å²) in [5.41, 5.74) is 1.70. The molecule has 1 aliphatic heterocycles. The number of likely N-dealkylation sites (tertiary alicyclic amines) is 1. The second-order valence-electron chi connectivity index (χ2n) is 6.56. The molecule has 0 saturated carbocycles. The van der Waals surface area contributed by atoms with Gasteiger partial charge >= 0.3 is 5.97 Å². The predicted molar refractivity (Wildman–Crippen MR) is 102 cm³/mol. The lowest BCUT2D eigenvalue weighted by molar-refractivity contribution is -0.158. The predicted octanol–water partition coefficient (Wildman–Crippen LogP) is 3.69. The van der Waals surface area contributed by atoms with Crippen molar-refractivity contribution in [2.45, 2.75) is 45.1 Å². The third kappa shape index (κ3) is 4.91. The van der Waals surface area contributed by atoms with Crippen molar-refractivity contribution in [2.75, 3.05) is 13.1 Å². The summed E-state index contributed by atoms with van der Waals surface area (Å²) in [7, 11) is 0. The van der Waals surface area contributed by atoms with Crippen molar-refractivity contribution in [3.05, 3.63) is 41.4 Å². The Morgan fingerprint density at radius 1 is 1.15 bits per heavy atom. The van der Waals surface area contributed by atoms with Gasteiger partial charge in [-0.1, -0.05) is 43.2 Å². The SMILES string of the molecule is CC(OC(=O)Cc1csc(-c2ccccc2)n1)C(=O)N1CCCCCC1. The number of nitrogens with zero attached hydrogens (tertiary/aromatic N) is 2. The zero-order valence-corrected chi connectivity index (χ0v) is 15.8. The van der Waals surface area contributed by atoms with E-state index in [1.54, 1.807) is 6.92 Å². The minimum absolute atomic E-state index is 0.0843. The summed E-state index contributed by atoms with van der Waals surface area (Å²) in [6.07, 6.45) is 3.70. The Bertz CT molecular complexity index is 737. The summed E-state index contributed by atoms with van der Waals surface area (Å²) < 4.78 is 5.36. The van der Waals surface area contributed by atoms with Crippen LogP contribution < -0.4 is 0 Å². The van der Waals surface area contributed by atoms with Crippen LogP contribution in [0.5, 0.6) is 0 Å². The first-order valence-corrected chi connectivity index (χ1v) is 9.99. The van der Waals surface area contributed by atoms with E-state index in [-0.39, 0.29) is 12.3 Å². The zero-order chi connectivity index (χ0) is 18.4. The molecule has 0 N–H and O–H groups in total. The van der Waals surface area contributed by atoms with Crippen LogP contribution in [0.2, 0.25) is 0 Å². The Kier molecular flexibility index (Phi) is 6.39. The molecule has 1 aromatic carbocycles. The highest BCUT2D eigenvalue weighted by atomic mass is 32.1. The van der Waals surface area contributed by atoms with Crippen LogP contribution in [0.25, 0.3) is 10.6 Å². The minimum Gasteiger partial charge on any atom is -0.452 e. The number of aromatic nitrogens is 1. The third-order valence-electron chi connectivity index (χ3n) is 4.47. The molecule has 0 spiro atoms. The van der Waals surface area contributed by atoms with E-state index in [4.69, 9.17) is 4.74 Å². The normalized spacial score (nSPS) is 16.0. The van der Waals surface area contributed by atoms with Crippen molar-refractivity contribution in [1.82, 2.24) is 9.88 Å². The Hall–Kier alpha value is -2.21. The largest absolute Gasteiger partial charge is 0.452 e. The molecule has 138 valence electrons. The molecular formula is C20H24N2O3S. The number of amides is 1. The third-order valence-corrected chi connectivity index (χ3v) is 5.41. The summed E-state index contributed by atoms with van der Waals surface area (Å²) in [5, 5.41) is 2.74. The molecule has 6 heteroatoms. The van der Waals surface area contributed by atoms with Crippen LogP contribution in [0.3, 0.4) is 0 Å². The highest BCUT2D eigenvalue weighted by molar-refractivity contribution is 7.13. The van der Waals surface area contributed by atoms with Crippen LogP contribution in [0.1, 0.15) is 38.3 Å². The zero-order valence-electron chi connectivity index (χ0n) is 15.0. The van der Waals surface area contributed by atoms with E-state index >= 15 is 0 Å². The minimum atomic E-state index is -0.743. The van der Waals surface area contributed by atoms with E-state index in [0.29, 0.717) is 5.69 Å². The first-order valence-electron chi connectivity index (χ1n) is 9.11. The van der Waals surface area contributed by atoms with E-state index in [0.717, 1.165) is 49.3 Å². The summed E-state index contributed by atoms with van der Waals surface area (Å²) in [5.74, 6) is -0.505. The highest BCUT2D eigenvalue weighted by Gasteiger charge is 2.24. The Balaban J connectivity index is 1.53. The molecule has 5 nitrogen and oxygen atoms in total. The van der Waals surface area contributed by atoms with E-state index in [2.05, 4.69) is 4.98 Å².